The van der Waals surface area contributed by atoms with Crippen LogP contribution in [0.5, 0.6) is 5.75 Å². The smallest absolute Gasteiger partial charge is 0.326 e. The summed E-state index contributed by atoms with van der Waals surface area (Å²) in [4.78, 5) is 22.8. The molecule has 0 fully saturated rings. The zero-order chi connectivity index (χ0) is 14.4. The number of carbonyl (C=O) groups excluding carboxylic acids is 1. The SMILES string of the molecule is CSCCC(NC(=O)c1ccc(F)cc1O)C(=O)O. The number of phenols is 1. The van der Waals surface area contributed by atoms with Gasteiger partial charge in [-0.25, -0.2) is 9.18 Å². The van der Waals surface area contributed by atoms with E-state index in [1.54, 1.807) is 0 Å². The first-order valence-electron chi connectivity index (χ1n) is 5.46. The summed E-state index contributed by atoms with van der Waals surface area (Å²) in [5, 5.41) is 20.7. The Kier molecular flexibility index (Phi) is 5.62. The zero-order valence-corrected chi connectivity index (χ0v) is 11.0. The number of rotatable bonds is 6. The van der Waals surface area contributed by atoms with Gasteiger partial charge >= 0.3 is 5.97 Å². The zero-order valence-electron chi connectivity index (χ0n) is 10.2. The minimum absolute atomic E-state index is 0.156. The fraction of sp³-hybridized carbons (Fsp3) is 0.333. The molecule has 0 heterocycles. The normalized spacial score (nSPS) is 11.9. The molecule has 0 spiro atoms. The molecular formula is C12H14FNO4S. The third kappa shape index (κ3) is 4.44. The van der Waals surface area contributed by atoms with Gasteiger partial charge in [0.25, 0.3) is 5.91 Å². The predicted octanol–water partition coefficient (Wildman–Crippen LogP) is 1.47. The van der Waals surface area contributed by atoms with Crippen LogP contribution in [0.4, 0.5) is 4.39 Å². The van der Waals surface area contributed by atoms with Crippen LogP contribution in [0.3, 0.4) is 0 Å². The lowest BCUT2D eigenvalue weighted by molar-refractivity contribution is -0.139. The first-order valence-corrected chi connectivity index (χ1v) is 6.86. The van der Waals surface area contributed by atoms with Crippen molar-refractivity contribution < 1.29 is 24.2 Å². The highest BCUT2D eigenvalue weighted by molar-refractivity contribution is 7.98. The van der Waals surface area contributed by atoms with Crippen molar-refractivity contribution in [2.75, 3.05) is 12.0 Å². The number of phenolic OH excluding ortho intramolecular Hbond substituents is 1. The summed E-state index contributed by atoms with van der Waals surface area (Å²) in [6.45, 7) is 0. The van der Waals surface area contributed by atoms with Crippen LogP contribution in [0.25, 0.3) is 0 Å². The van der Waals surface area contributed by atoms with Crippen molar-refractivity contribution in [3.63, 3.8) is 0 Å². The van der Waals surface area contributed by atoms with E-state index in [4.69, 9.17) is 5.11 Å². The van der Waals surface area contributed by atoms with Crippen LogP contribution >= 0.6 is 11.8 Å². The standard InChI is InChI=1S/C12H14FNO4S/c1-19-5-4-9(12(17)18)14-11(16)8-3-2-7(13)6-10(8)15/h2-3,6,9,15H,4-5H2,1H3,(H,14,16)(H,17,18). The number of carboxylic acid groups (broad SMARTS) is 1. The third-order valence-corrected chi connectivity index (χ3v) is 3.06. The maximum absolute atomic E-state index is 12.8. The largest absolute Gasteiger partial charge is 0.507 e. The number of hydrogen-bond donors (Lipinski definition) is 3. The van der Waals surface area contributed by atoms with Crippen molar-refractivity contribution in [3.05, 3.63) is 29.6 Å². The maximum Gasteiger partial charge on any atom is 0.326 e. The molecule has 1 aromatic rings. The molecule has 1 aromatic carbocycles. The molecule has 3 N–H and O–H groups in total. The number of benzene rings is 1. The Morgan fingerprint density at radius 2 is 2.16 bits per heavy atom. The van der Waals surface area contributed by atoms with Gasteiger partial charge in [-0.3, -0.25) is 4.79 Å². The Labute approximate surface area is 113 Å². The number of thioether (sulfide) groups is 1. The van der Waals surface area contributed by atoms with E-state index in [1.807, 2.05) is 6.26 Å². The quantitative estimate of drug-likeness (QED) is 0.737. The van der Waals surface area contributed by atoms with Gasteiger partial charge in [-0.2, -0.15) is 11.8 Å². The van der Waals surface area contributed by atoms with Crippen LogP contribution in [-0.2, 0) is 4.79 Å². The minimum Gasteiger partial charge on any atom is -0.507 e. The summed E-state index contributed by atoms with van der Waals surface area (Å²) in [5.74, 6) is -2.51. The lowest BCUT2D eigenvalue weighted by Gasteiger charge is -2.14. The van der Waals surface area contributed by atoms with E-state index in [9.17, 15) is 19.1 Å². The van der Waals surface area contributed by atoms with Crippen LogP contribution in [0.15, 0.2) is 18.2 Å². The van der Waals surface area contributed by atoms with Crippen molar-refractivity contribution in [2.24, 2.45) is 0 Å². The molecule has 0 aliphatic carbocycles. The number of nitrogens with one attached hydrogen (secondary N) is 1. The summed E-state index contributed by atoms with van der Waals surface area (Å²) < 4.78 is 12.8. The molecule has 7 heteroatoms. The molecule has 0 aliphatic rings. The summed E-state index contributed by atoms with van der Waals surface area (Å²) >= 11 is 1.46. The summed E-state index contributed by atoms with van der Waals surface area (Å²) in [5.41, 5.74) is -0.156. The van der Waals surface area contributed by atoms with E-state index >= 15 is 0 Å². The van der Waals surface area contributed by atoms with Crippen LogP contribution in [-0.4, -0.2) is 40.1 Å². The first-order chi connectivity index (χ1) is 8.95. The molecule has 1 amide bonds. The van der Waals surface area contributed by atoms with Gasteiger partial charge in [-0.15, -0.1) is 0 Å². The van der Waals surface area contributed by atoms with Crippen LogP contribution < -0.4 is 5.32 Å². The van der Waals surface area contributed by atoms with Crippen molar-refractivity contribution >= 4 is 23.6 Å². The fourth-order valence-corrected chi connectivity index (χ4v) is 1.90. The van der Waals surface area contributed by atoms with Crippen LogP contribution in [0.1, 0.15) is 16.8 Å². The van der Waals surface area contributed by atoms with Gasteiger partial charge in [0, 0.05) is 6.07 Å². The Bertz CT molecular complexity index is 481. The molecule has 0 saturated heterocycles. The lowest BCUT2D eigenvalue weighted by atomic mass is 10.1. The van der Waals surface area contributed by atoms with Crippen molar-refractivity contribution in [1.82, 2.24) is 5.32 Å². The van der Waals surface area contributed by atoms with Crippen LogP contribution in [0, 0.1) is 5.82 Å². The molecule has 1 atom stereocenters. The van der Waals surface area contributed by atoms with E-state index in [0.717, 1.165) is 18.2 Å². The molecule has 0 radical (unpaired) electrons. The summed E-state index contributed by atoms with van der Waals surface area (Å²) in [6, 6.07) is 1.89. The molecule has 19 heavy (non-hydrogen) atoms. The highest BCUT2D eigenvalue weighted by Crippen LogP contribution is 2.18. The van der Waals surface area contributed by atoms with Gasteiger partial charge < -0.3 is 15.5 Å². The molecule has 0 bridgehead atoms. The van der Waals surface area contributed by atoms with E-state index in [0.29, 0.717) is 5.75 Å². The number of hydrogen-bond acceptors (Lipinski definition) is 4. The molecule has 1 unspecified atom stereocenters. The van der Waals surface area contributed by atoms with Gasteiger partial charge in [-0.05, 0) is 30.6 Å². The maximum atomic E-state index is 12.8. The van der Waals surface area contributed by atoms with E-state index in [1.165, 1.54) is 11.8 Å². The average molecular weight is 287 g/mol. The van der Waals surface area contributed by atoms with Gasteiger partial charge in [0.05, 0.1) is 5.56 Å². The van der Waals surface area contributed by atoms with Crippen molar-refractivity contribution in [2.45, 2.75) is 12.5 Å². The number of carbonyl (C=O) groups is 2. The number of aromatic hydroxyl groups is 1. The predicted molar refractivity (Wildman–Crippen MR) is 70.0 cm³/mol. The second-order valence-electron chi connectivity index (χ2n) is 3.81. The molecule has 0 aromatic heterocycles. The van der Waals surface area contributed by atoms with Gasteiger partial charge in [0.2, 0.25) is 0 Å². The molecule has 1 rings (SSSR count). The number of amides is 1. The Balaban J connectivity index is 2.78. The summed E-state index contributed by atoms with van der Waals surface area (Å²) in [6.07, 6.45) is 2.09. The monoisotopic (exact) mass is 287 g/mol. The topological polar surface area (TPSA) is 86.6 Å². The van der Waals surface area contributed by atoms with E-state index in [-0.39, 0.29) is 12.0 Å². The lowest BCUT2D eigenvalue weighted by Crippen LogP contribution is -2.41. The van der Waals surface area contributed by atoms with Gasteiger partial charge in [0.1, 0.15) is 17.6 Å². The highest BCUT2D eigenvalue weighted by atomic mass is 32.2. The van der Waals surface area contributed by atoms with Crippen LogP contribution in [0.2, 0.25) is 0 Å². The Morgan fingerprint density at radius 3 is 2.68 bits per heavy atom. The van der Waals surface area contributed by atoms with Crippen molar-refractivity contribution in [3.8, 4) is 5.75 Å². The minimum atomic E-state index is -1.15. The average Bonchev–Trinajstić information content (AvgIpc) is 2.33. The van der Waals surface area contributed by atoms with Gasteiger partial charge in [-0.1, -0.05) is 0 Å². The number of carboxylic acids is 1. The molecule has 5 nitrogen and oxygen atoms in total. The van der Waals surface area contributed by atoms with Crippen molar-refractivity contribution in [1.29, 1.82) is 0 Å². The number of aliphatic carboxylic acids is 1. The van der Waals surface area contributed by atoms with Gasteiger partial charge in [0.15, 0.2) is 0 Å². The Hall–Kier alpha value is -1.76. The van der Waals surface area contributed by atoms with E-state index < -0.39 is 29.5 Å². The van der Waals surface area contributed by atoms with E-state index in [2.05, 4.69) is 5.32 Å². The second-order valence-corrected chi connectivity index (χ2v) is 4.79. The first kappa shape index (κ1) is 15.3. The second kappa shape index (κ2) is 6.98. The molecule has 0 aliphatic heterocycles. The third-order valence-electron chi connectivity index (χ3n) is 2.42. The molecular weight excluding hydrogens is 273 g/mol. The number of halogens is 1. The highest BCUT2D eigenvalue weighted by Gasteiger charge is 2.21. The molecule has 0 saturated carbocycles. The Morgan fingerprint density at radius 1 is 1.47 bits per heavy atom. The molecule has 104 valence electrons. The fourth-order valence-electron chi connectivity index (χ4n) is 1.43. The summed E-state index contributed by atoms with van der Waals surface area (Å²) in [7, 11) is 0.